The van der Waals surface area contributed by atoms with E-state index in [1.807, 2.05) is 0 Å². The molecule has 6 heteroatoms. The molecule has 19 heavy (non-hydrogen) atoms. The standard InChI is InChI=1S/C13H16N4O2/c18-11(9-3-1-2-4-9)7-12-16-13(17-19-12)10-8-14-5-6-15-10/h5-6,8-9,11,18H,1-4,7H2. The van der Waals surface area contributed by atoms with Gasteiger partial charge in [0.05, 0.1) is 18.7 Å². The first-order valence-corrected chi connectivity index (χ1v) is 6.60. The maximum Gasteiger partial charge on any atom is 0.229 e. The van der Waals surface area contributed by atoms with Gasteiger partial charge in [-0.15, -0.1) is 0 Å². The molecule has 2 heterocycles. The summed E-state index contributed by atoms with van der Waals surface area (Å²) < 4.78 is 5.16. The Morgan fingerprint density at radius 1 is 1.32 bits per heavy atom. The number of rotatable bonds is 4. The summed E-state index contributed by atoms with van der Waals surface area (Å²) in [7, 11) is 0. The zero-order valence-electron chi connectivity index (χ0n) is 10.6. The van der Waals surface area contributed by atoms with E-state index >= 15 is 0 Å². The lowest BCUT2D eigenvalue weighted by atomic mass is 9.98. The van der Waals surface area contributed by atoms with Crippen molar-refractivity contribution in [1.29, 1.82) is 0 Å². The van der Waals surface area contributed by atoms with Crippen LogP contribution in [0.2, 0.25) is 0 Å². The summed E-state index contributed by atoms with van der Waals surface area (Å²) in [5.74, 6) is 1.24. The number of nitrogens with zero attached hydrogens (tertiary/aromatic N) is 4. The maximum atomic E-state index is 10.1. The van der Waals surface area contributed by atoms with E-state index in [1.165, 1.54) is 12.8 Å². The third-order valence-corrected chi connectivity index (χ3v) is 3.59. The predicted molar refractivity (Wildman–Crippen MR) is 67.0 cm³/mol. The van der Waals surface area contributed by atoms with Gasteiger partial charge in [-0.05, 0) is 18.8 Å². The van der Waals surface area contributed by atoms with Crippen molar-refractivity contribution >= 4 is 0 Å². The lowest BCUT2D eigenvalue weighted by molar-refractivity contribution is 0.102. The smallest absolute Gasteiger partial charge is 0.229 e. The van der Waals surface area contributed by atoms with Crippen LogP contribution in [0.15, 0.2) is 23.1 Å². The van der Waals surface area contributed by atoms with Crippen molar-refractivity contribution in [2.24, 2.45) is 5.92 Å². The predicted octanol–water partition coefficient (Wildman–Crippen LogP) is 1.62. The van der Waals surface area contributed by atoms with Gasteiger partial charge >= 0.3 is 0 Å². The fourth-order valence-electron chi connectivity index (χ4n) is 2.54. The Labute approximate surface area is 110 Å². The number of aliphatic hydroxyl groups is 1. The van der Waals surface area contributed by atoms with Crippen molar-refractivity contribution < 1.29 is 9.63 Å². The second kappa shape index (κ2) is 5.44. The van der Waals surface area contributed by atoms with Crippen LogP contribution in [0.3, 0.4) is 0 Å². The lowest BCUT2D eigenvalue weighted by Gasteiger charge is -2.14. The second-order valence-corrected chi connectivity index (χ2v) is 4.92. The van der Waals surface area contributed by atoms with Gasteiger partial charge in [-0.2, -0.15) is 4.98 Å². The topological polar surface area (TPSA) is 84.9 Å². The minimum absolute atomic E-state index is 0.367. The van der Waals surface area contributed by atoms with Gasteiger partial charge in [-0.25, -0.2) is 4.98 Å². The van der Waals surface area contributed by atoms with E-state index in [0.717, 1.165) is 12.8 Å². The first-order chi connectivity index (χ1) is 9.33. The molecule has 3 rings (SSSR count). The zero-order valence-corrected chi connectivity index (χ0v) is 10.6. The molecule has 1 N–H and O–H groups in total. The number of aliphatic hydroxyl groups excluding tert-OH is 1. The number of hydrogen-bond acceptors (Lipinski definition) is 6. The summed E-state index contributed by atoms with van der Waals surface area (Å²) in [6, 6.07) is 0. The van der Waals surface area contributed by atoms with E-state index in [1.54, 1.807) is 18.6 Å². The zero-order chi connectivity index (χ0) is 13.1. The van der Waals surface area contributed by atoms with E-state index in [-0.39, 0.29) is 0 Å². The third-order valence-electron chi connectivity index (χ3n) is 3.59. The molecule has 1 unspecified atom stereocenters. The Bertz CT molecular complexity index is 522. The quantitative estimate of drug-likeness (QED) is 0.899. The molecule has 2 aromatic heterocycles. The minimum atomic E-state index is -0.391. The van der Waals surface area contributed by atoms with E-state index < -0.39 is 6.10 Å². The van der Waals surface area contributed by atoms with Gasteiger partial charge in [0.2, 0.25) is 11.7 Å². The highest BCUT2D eigenvalue weighted by Gasteiger charge is 2.25. The molecule has 1 saturated carbocycles. The molecular weight excluding hydrogens is 244 g/mol. The highest BCUT2D eigenvalue weighted by Crippen LogP contribution is 2.29. The van der Waals surface area contributed by atoms with Crippen LogP contribution >= 0.6 is 0 Å². The van der Waals surface area contributed by atoms with Crippen molar-refractivity contribution in [3.05, 3.63) is 24.5 Å². The molecule has 1 aliphatic rings. The lowest BCUT2D eigenvalue weighted by Crippen LogP contribution is -2.20. The minimum Gasteiger partial charge on any atom is -0.392 e. The molecule has 0 radical (unpaired) electrons. The van der Waals surface area contributed by atoms with E-state index in [2.05, 4.69) is 20.1 Å². The molecular formula is C13H16N4O2. The monoisotopic (exact) mass is 260 g/mol. The molecule has 1 fully saturated rings. The van der Waals surface area contributed by atoms with Crippen molar-refractivity contribution in [2.75, 3.05) is 0 Å². The Balaban J connectivity index is 1.68. The van der Waals surface area contributed by atoms with Gasteiger partial charge in [-0.1, -0.05) is 18.0 Å². The van der Waals surface area contributed by atoms with Crippen LogP contribution in [-0.4, -0.2) is 31.3 Å². The molecule has 0 saturated heterocycles. The van der Waals surface area contributed by atoms with Crippen LogP contribution in [0.25, 0.3) is 11.5 Å². The maximum absolute atomic E-state index is 10.1. The molecule has 1 atom stereocenters. The van der Waals surface area contributed by atoms with Crippen molar-refractivity contribution in [3.63, 3.8) is 0 Å². The molecule has 1 aliphatic carbocycles. The highest BCUT2D eigenvalue weighted by molar-refractivity contribution is 5.45. The Hall–Kier alpha value is -1.82. The van der Waals surface area contributed by atoms with Crippen LogP contribution in [0.4, 0.5) is 0 Å². The molecule has 2 aromatic rings. The van der Waals surface area contributed by atoms with Crippen LogP contribution in [0, 0.1) is 5.92 Å². The molecule has 0 aliphatic heterocycles. The van der Waals surface area contributed by atoms with E-state index in [4.69, 9.17) is 4.52 Å². The Morgan fingerprint density at radius 2 is 2.16 bits per heavy atom. The van der Waals surface area contributed by atoms with Crippen LogP contribution < -0.4 is 0 Å². The number of hydrogen-bond donors (Lipinski definition) is 1. The Morgan fingerprint density at radius 3 is 2.89 bits per heavy atom. The Kier molecular flexibility index (Phi) is 3.50. The highest BCUT2D eigenvalue weighted by atomic mass is 16.5. The summed E-state index contributed by atoms with van der Waals surface area (Å²) >= 11 is 0. The van der Waals surface area contributed by atoms with Gasteiger partial charge in [0, 0.05) is 12.4 Å². The summed E-state index contributed by atoms with van der Waals surface area (Å²) in [5, 5.41) is 14.0. The second-order valence-electron chi connectivity index (χ2n) is 4.92. The summed E-state index contributed by atoms with van der Waals surface area (Å²) in [6.45, 7) is 0. The number of aromatic nitrogens is 4. The molecule has 0 spiro atoms. The van der Waals surface area contributed by atoms with Gasteiger partial charge < -0.3 is 9.63 Å². The fraction of sp³-hybridized carbons (Fsp3) is 0.538. The SMILES string of the molecule is OC(Cc1nc(-c2cnccn2)no1)C1CCCC1. The first-order valence-electron chi connectivity index (χ1n) is 6.60. The molecule has 0 aromatic carbocycles. The average molecular weight is 260 g/mol. The van der Waals surface area contributed by atoms with Gasteiger partial charge in [0.25, 0.3) is 0 Å². The first kappa shape index (κ1) is 12.2. The fourth-order valence-corrected chi connectivity index (χ4v) is 2.54. The van der Waals surface area contributed by atoms with E-state index in [9.17, 15) is 5.11 Å². The molecule has 0 bridgehead atoms. The molecule has 6 nitrogen and oxygen atoms in total. The van der Waals surface area contributed by atoms with Crippen LogP contribution in [-0.2, 0) is 6.42 Å². The third kappa shape index (κ3) is 2.78. The largest absolute Gasteiger partial charge is 0.392 e. The van der Waals surface area contributed by atoms with Gasteiger partial charge in [0.15, 0.2) is 0 Å². The molecule has 0 amide bonds. The van der Waals surface area contributed by atoms with Crippen molar-refractivity contribution in [3.8, 4) is 11.5 Å². The molecule has 100 valence electrons. The van der Waals surface area contributed by atoms with Gasteiger partial charge in [0.1, 0.15) is 5.69 Å². The van der Waals surface area contributed by atoms with E-state index in [0.29, 0.717) is 29.7 Å². The van der Waals surface area contributed by atoms with Crippen molar-refractivity contribution in [1.82, 2.24) is 20.1 Å². The van der Waals surface area contributed by atoms with Gasteiger partial charge in [-0.3, -0.25) is 4.98 Å². The summed E-state index contributed by atoms with van der Waals surface area (Å²) in [6.07, 6.45) is 9.37. The summed E-state index contributed by atoms with van der Waals surface area (Å²) in [5.41, 5.74) is 0.577. The average Bonchev–Trinajstić information content (AvgIpc) is 3.11. The normalized spacial score (nSPS) is 17.7. The van der Waals surface area contributed by atoms with Crippen LogP contribution in [0.5, 0.6) is 0 Å². The summed E-state index contributed by atoms with van der Waals surface area (Å²) in [4.78, 5) is 12.3. The van der Waals surface area contributed by atoms with Crippen molar-refractivity contribution in [2.45, 2.75) is 38.2 Å². The van der Waals surface area contributed by atoms with Crippen LogP contribution in [0.1, 0.15) is 31.6 Å².